The summed E-state index contributed by atoms with van der Waals surface area (Å²) < 4.78 is 33.2. The van der Waals surface area contributed by atoms with Crippen LogP contribution < -0.4 is 0 Å². The lowest BCUT2D eigenvalue weighted by Crippen LogP contribution is -2.60. The average Bonchev–Trinajstić information content (AvgIpc) is 2.98. The minimum Gasteiger partial charge on any atom is -0.368 e. The summed E-state index contributed by atoms with van der Waals surface area (Å²) in [5.74, 6) is 1.08. The Morgan fingerprint density at radius 1 is 0.625 bits per heavy atom. The summed E-state index contributed by atoms with van der Waals surface area (Å²) in [6.07, 6.45) is 2.47. The lowest BCUT2D eigenvalue weighted by atomic mass is 9.81. The van der Waals surface area contributed by atoms with Crippen molar-refractivity contribution in [3.8, 4) is 0 Å². The van der Waals surface area contributed by atoms with Crippen molar-refractivity contribution in [1.82, 2.24) is 0 Å². The van der Waals surface area contributed by atoms with Crippen LogP contribution in [-0.2, 0) is 43.5 Å². The van der Waals surface area contributed by atoms with Crippen LogP contribution in [0.5, 0.6) is 0 Å². The van der Waals surface area contributed by atoms with Crippen molar-refractivity contribution in [2.24, 2.45) is 11.8 Å². The first-order valence-electron chi connectivity index (χ1n) is 14.7. The molecule has 3 aromatic rings. The van der Waals surface area contributed by atoms with Gasteiger partial charge in [0.15, 0.2) is 6.29 Å². The molecule has 1 radical (unpaired) electrons. The maximum atomic E-state index is 6.72. The van der Waals surface area contributed by atoms with E-state index in [1.54, 1.807) is 0 Å². The smallest absolute Gasteiger partial charge is 0.187 e. The van der Waals surface area contributed by atoms with Crippen LogP contribution in [0.2, 0.25) is 0 Å². The summed E-state index contributed by atoms with van der Waals surface area (Å²) in [7, 11) is 0. The molecule has 1 aliphatic carbocycles. The minimum atomic E-state index is -0.576. The van der Waals surface area contributed by atoms with E-state index in [-0.39, 0.29) is 24.4 Å². The first kappa shape index (κ1) is 29.0. The van der Waals surface area contributed by atoms with E-state index >= 15 is 0 Å². The number of rotatable bonds is 11. The number of benzene rings is 3. The summed E-state index contributed by atoms with van der Waals surface area (Å²) in [6, 6.07) is 30.7. The van der Waals surface area contributed by atoms with Gasteiger partial charge in [0.2, 0.25) is 0 Å². The monoisotopic (exact) mass is 543 g/mol. The highest BCUT2D eigenvalue weighted by Gasteiger charge is 2.48. The zero-order valence-corrected chi connectivity index (χ0v) is 23.9. The van der Waals surface area contributed by atoms with Gasteiger partial charge in [-0.15, -0.1) is 0 Å². The van der Waals surface area contributed by atoms with Crippen LogP contribution in [0.1, 0.15) is 50.3 Å². The van der Waals surface area contributed by atoms with E-state index in [2.05, 4.69) is 63.6 Å². The molecule has 0 amide bonds. The van der Waals surface area contributed by atoms with Gasteiger partial charge in [-0.05, 0) is 54.7 Å². The second kappa shape index (κ2) is 14.4. The molecule has 1 saturated carbocycles. The van der Waals surface area contributed by atoms with E-state index in [4.69, 9.17) is 23.7 Å². The molecular weight excluding hydrogens is 500 g/mol. The quantitative estimate of drug-likeness (QED) is 0.257. The summed E-state index contributed by atoms with van der Waals surface area (Å²) in [5, 5.41) is 0. The molecular formula is C35H43O5. The van der Waals surface area contributed by atoms with Gasteiger partial charge in [0, 0.05) is 0 Å². The van der Waals surface area contributed by atoms with Gasteiger partial charge < -0.3 is 23.7 Å². The van der Waals surface area contributed by atoms with Crippen LogP contribution in [0.3, 0.4) is 0 Å². The first-order valence-corrected chi connectivity index (χ1v) is 14.7. The van der Waals surface area contributed by atoms with Crippen LogP contribution in [0.15, 0.2) is 91.0 Å². The molecule has 0 aromatic heterocycles. The molecule has 1 heterocycles. The van der Waals surface area contributed by atoms with Gasteiger partial charge in [-0.3, -0.25) is 0 Å². The van der Waals surface area contributed by atoms with Crippen molar-refractivity contribution < 1.29 is 23.7 Å². The van der Waals surface area contributed by atoms with Crippen LogP contribution in [0.4, 0.5) is 0 Å². The molecule has 2 fully saturated rings. The zero-order valence-electron chi connectivity index (χ0n) is 23.9. The van der Waals surface area contributed by atoms with Crippen molar-refractivity contribution >= 4 is 0 Å². The van der Waals surface area contributed by atoms with Gasteiger partial charge in [-0.2, -0.15) is 0 Å². The Labute approximate surface area is 239 Å². The molecule has 3 aromatic carbocycles. The summed E-state index contributed by atoms with van der Waals surface area (Å²) in [4.78, 5) is 0. The van der Waals surface area contributed by atoms with Crippen LogP contribution in [0, 0.1) is 18.3 Å². The molecule has 0 bridgehead atoms. The van der Waals surface area contributed by atoms with E-state index in [0.717, 1.165) is 29.5 Å². The highest BCUT2D eigenvalue weighted by Crippen LogP contribution is 2.36. The molecule has 40 heavy (non-hydrogen) atoms. The van der Waals surface area contributed by atoms with Crippen LogP contribution in [-0.4, -0.2) is 36.8 Å². The van der Waals surface area contributed by atoms with E-state index < -0.39 is 12.4 Å². The van der Waals surface area contributed by atoms with E-state index in [1.165, 1.54) is 0 Å². The third-order valence-electron chi connectivity index (χ3n) is 7.98. The van der Waals surface area contributed by atoms with E-state index in [1.807, 2.05) is 54.6 Å². The molecule has 5 rings (SSSR count). The van der Waals surface area contributed by atoms with Crippen molar-refractivity contribution in [3.63, 3.8) is 0 Å². The Bertz CT molecular complexity index is 1120. The fourth-order valence-electron chi connectivity index (χ4n) is 5.79. The maximum Gasteiger partial charge on any atom is 0.187 e. The molecule has 1 aliphatic heterocycles. The Kier molecular flexibility index (Phi) is 10.4. The standard InChI is InChI=1S/C35H43O5/c1-25-19-20-31(26(2)21-25)40-35-34(38-24-30-17-11-6-12-18-30)33(37-23-29-15-9-5-10-16-29)32(27(3)39-35)36-22-28-13-7-4-8-14-28/h4-18,20,25-27,31-35H,19,21-24H2,1-3H3/t25-,26+,27+,31-,32-,33-,34+,35+/m1/s1. The number of ether oxygens (including phenoxy) is 5. The Morgan fingerprint density at radius 3 is 1.60 bits per heavy atom. The summed E-state index contributed by atoms with van der Waals surface area (Å²) >= 11 is 0. The van der Waals surface area contributed by atoms with Crippen molar-refractivity contribution in [2.45, 2.75) is 90.2 Å². The highest BCUT2D eigenvalue weighted by atomic mass is 16.7. The van der Waals surface area contributed by atoms with Gasteiger partial charge in [0.25, 0.3) is 0 Å². The third-order valence-corrected chi connectivity index (χ3v) is 7.98. The molecule has 5 nitrogen and oxygen atoms in total. The van der Waals surface area contributed by atoms with Gasteiger partial charge >= 0.3 is 0 Å². The fraction of sp³-hybridized carbons (Fsp3) is 0.457. The maximum absolute atomic E-state index is 6.72. The second-order valence-corrected chi connectivity index (χ2v) is 11.4. The minimum absolute atomic E-state index is 0.00721. The van der Waals surface area contributed by atoms with Crippen molar-refractivity contribution in [2.75, 3.05) is 0 Å². The lowest BCUT2D eigenvalue weighted by molar-refractivity contribution is -0.329. The van der Waals surface area contributed by atoms with Gasteiger partial charge in [-0.25, -0.2) is 0 Å². The Balaban J connectivity index is 1.39. The van der Waals surface area contributed by atoms with Gasteiger partial charge in [0.05, 0.1) is 32.0 Å². The molecule has 0 N–H and O–H groups in total. The summed E-state index contributed by atoms with van der Waals surface area (Å²) in [6.45, 7) is 7.96. The molecule has 1 saturated heterocycles. The zero-order chi connectivity index (χ0) is 27.7. The van der Waals surface area contributed by atoms with E-state index in [9.17, 15) is 0 Å². The second-order valence-electron chi connectivity index (χ2n) is 11.4. The highest BCUT2D eigenvalue weighted by molar-refractivity contribution is 5.15. The number of hydrogen-bond donors (Lipinski definition) is 0. The van der Waals surface area contributed by atoms with Crippen LogP contribution >= 0.6 is 0 Å². The SMILES string of the molecule is C[C@@H]1C[CH][C@@H](O[C@@H]2O[C@@H](C)[C@@H](OCc3ccccc3)[C@@H](OCc3ccccc3)[C@@H]2OCc2ccccc2)[C@@H](C)C1. The normalized spacial score (nSPS) is 30.7. The number of hydrogen-bond acceptors (Lipinski definition) is 5. The van der Waals surface area contributed by atoms with Gasteiger partial charge in [0.1, 0.15) is 18.3 Å². The molecule has 5 heteroatoms. The Hall–Kier alpha value is -2.54. The molecule has 213 valence electrons. The largest absolute Gasteiger partial charge is 0.368 e. The van der Waals surface area contributed by atoms with E-state index in [0.29, 0.717) is 31.7 Å². The average molecular weight is 544 g/mol. The summed E-state index contributed by atoms with van der Waals surface area (Å²) in [5.41, 5.74) is 3.30. The molecule has 0 unspecified atom stereocenters. The van der Waals surface area contributed by atoms with Crippen molar-refractivity contribution in [1.29, 1.82) is 0 Å². The third kappa shape index (κ3) is 7.80. The first-order chi connectivity index (χ1) is 19.6. The molecule has 8 atom stereocenters. The predicted molar refractivity (Wildman–Crippen MR) is 156 cm³/mol. The Morgan fingerprint density at radius 2 is 1.10 bits per heavy atom. The molecule has 0 spiro atoms. The van der Waals surface area contributed by atoms with Gasteiger partial charge in [-0.1, -0.05) is 105 Å². The van der Waals surface area contributed by atoms with Crippen molar-refractivity contribution in [3.05, 3.63) is 114 Å². The topological polar surface area (TPSA) is 46.2 Å². The molecule has 2 aliphatic rings. The van der Waals surface area contributed by atoms with Crippen LogP contribution in [0.25, 0.3) is 0 Å². The fourth-order valence-corrected chi connectivity index (χ4v) is 5.79. The predicted octanol–water partition coefficient (Wildman–Crippen LogP) is 7.14. The lowest BCUT2D eigenvalue weighted by Gasteiger charge is -2.47.